The first-order valence-corrected chi connectivity index (χ1v) is 8.17. The van der Waals surface area contributed by atoms with E-state index in [4.69, 9.17) is 11.2 Å². The Hall–Kier alpha value is -2.29. The average molecular weight is 315 g/mol. The van der Waals surface area contributed by atoms with Crippen LogP contribution in [0.25, 0.3) is 11.1 Å². The number of methoxy groups -OCH3 is 1. The molecule has 114 valence electrons. The van der Waals surface area contributed by atoms with E-state index in [1.54, 1.807) is 38.3 Å². The highest BCUT2D eigenvalue weighted by atomic mass is 32.2. The fourth-order valence-corrected chi connectivity index (χ4v) is 3.11. The molecule has 0 saturated carbocycles. The van der Waals surface area contributed by atoms with Crippen molar-refractivity contribution in [2.24, 2.45) is 0 Å². The fraction of sp³-hybridized carbons (Fsp3) is 0.176. The molecule has 0 aliphatic heterocycles. The quantitative estimate of drug-likeness (QED) is 0.863. The molecule has 2 aromatic carbocycles. The van der Waals surface area contributed by atoms with Crippen LogP contribution in [0.4, 0.5) is 0 Å². The number of ether oxygens (including phenoxy) is 1. The topological polar surface area (TPSA) is 55.4 Å². The van der Waals surface area contributed by atoms with Crippen LogP contribution in [0.3, 0.4) is 0 Å². The molecule has 0 amide bonds. The van der Waals surface area contributed by atoms with Gasteiger partial charge in [0.15, 0.2) is 0 Å². The molecular formula is C17H17NO3S. The number of benzene rings is 2. The summed E-state index contributed by atoms with van der Waals surface area (Å²) in [5.74, 6) is 3.11. The van der Waals surface area contributed by atoms with Gasteiger partial charge < -0.3 is 4.74 Å². The number of hydrogen-bond acceptors (Lipinski definition) is 3. The van der Waals surface area contributed by atoms with Crippen molar-refractivity contribution in [3.05, 3.63) is 48.5 Å². The molecule has 4 nitrogen and oxygen atoms in total. The Labute approximate surface area is 131 Å². The van der Waals surface area contributed by atoms with E-state index in [0.717, 1.165) is 16.9 Å². The number of sulfonamides is 1. The molecule has 0 spiro atoms. The van der Waals surface area contributed by atoms with Gasteiger partial charge in [-0.1, -0.05) is 30.2 Å². The van der Waals surface area contributed by atoms with Crippen molar-refractivity contribution in [1.82, 2.24) is 4.72 Å². The number of terminal acetylenes is 1. The Bertz CT molecular complexity index is 772. The van der Waals surface area contributed by atoms with Gasteiger partial charge in [-0.2, -0.15) is 4.72 Å². The van der Waals surface area contributed by atoms with Gasteiger partial charge in [0.05, 0.1) is 18.0 Å². The van der Waals surface area contributed by atoms with Crippen molar-refractivity contribution in [2.45, 2.75) is 17.9 Å². The molecule has 2 rings (SSSR count). The summed E-state index contributed by atoms with van der Waals surface area (Å²) in [6.07, 6.45) is 5.19. The maximum absolute atomic E-state index is 12.1. The summed E-state index contributed by atoms with van der Waals surface area (Å²) < 4.78 is 31.7. The number of rotatable bonds is 5. The van der Waals surface area contributed by atoms with E-state index in [-0.39, 0.29) is 4.90 Å². The van der Waals surface area contributed by atoms with Crippen LogP contribution in [0.5, 0.6) is 5.75 Å². The third-order valence-electron chi connectivity index (χ3n) is 3.17. The van der Waals surface area contributed by atoms with Gasteiger partial charge in [0.25, 0.3) is 0 Å². The minimum absolute atomic E-state index is 0.187. The van der Waals surface area contributed by atoms with Crippen LogP contribution in [-0.2, 0) is 10.0 Å². The molecule has 2 aromatic rings. The second-order valence-corrected chi connectivity index (χ2v) is 6.48. The van der Waals surface area contributed by atoms with Crippen molar-refractivity contribution >= 4 is 10.0 Å². The van der Waals surface area contributed by atoms with Gasteiger partial charge in [-0.3, -0.25) is 0 Å². The lowest BCUT2D eigenvalue weighted by Crippen LogP contribution is -2.31. The van der Waals surface area contributed by atoms with Gasteiger partial charge in [-0.25, -0.2) is 8.42 Å². The summed E-state index contributed by atoms with van der Waals surface area (Å²) in [6.45, 7) is 1.61. The van der Waals surface area contributed by atoms with Crippen molar-refractivity contribution in [3.63, 3.8) is 0 Å². The smallest absolute Gasteiger partial charge is 0.241 e. The maximum atomic E-state index is 12.1. The van der Waals surface area contributed by atoms with Gasteiger partial charge in [0.1, 0.15) is 5.75 Å². The van der Waals surface area contributed by atoms with E-state index in [1.165, 1.54) is 0 Å². The minimum Gasteiger partial charge on any atom is -0.497 e. The Morgan fingerprint density at radius 3 is 2.00 bits per heavy atom. The standard InChI is InChI=1S/C17H17NO3S/c1-4-13(2)18-22(19,20)17-11-7-15(8-12-17)14-5-9-16(21-3)10-6-14/h1,5-13,18H,2-3H3. The van der Waals surface area contributed by atoms with E-state index >= 15 is 0 Å². The second kappa shape index (κ2) is 6.65. The summed E-state index contributed by atoms with van der Waals surface area (Å²) in [5.41, 5.74) is 1.90. The van der Waals surface area contributed by atoms with Crippen LogP contribution >= 0.6 is 0 Å². The Kier molecular flexibility index (Phi) is 4.86. The molecular weight excluding hydrogens is 298 g/mol. The summed E-state index contributed by atoms with van der Waals surface area (Å²) in [7, 11) is -1.98. The van der Waals surface area contributed by atoms with E-state index in [2.05, 4.69) is 10.6 Å². The molecule has 5 heteroatoms. The lowest BCUT2D eigenvalue weighted by atomic mass is 10.1. The molecule has 0 radical (unpaired) electrons. The van der Waals surface area contributed by atoms with E-state index in [1.807, 2.05) is 24.3 Å². The Morgan fingerprint density at radius 1 is 1.05 bits per heavy atom. The summed E-state index contributed by atoms with van der Waals surface area (Å²) in [4.78, 5) is 0.187. The normalized spacial score (nSPS) is 12.4. The number of nitrogens with one attached hydrogen (secondary N) is 1. The SMILES string of the molecule is C#CC(C)NS(=O)(=O)c1ccc(-c2ccc(OC)cc2)cc1. The van der Waals surface area contributed by atoms with Crippen molar-refractivity contribution in [3.8, 4) is 29.2 Å². The third kappa shape index (κ3) is 3.67. The zero-order valence-electron chi connectivity index (χ0n) is 12.4. The van der Waals surface area contributed by atoms with Gasteiger partial charge in [-0.15, -0.1) is 6.42 Å². The molecule has 0 aliphatic carbocycles. The van der Waals surface area contributed by atoms with Crippen LogP contribution in [0, 0.1) is 12.3 Å². The number of hydrogen-bond donors (Lipinski definition) is 1. The van der Waals surface area contributed by atoms with Gasteiger partial charge >= 0.3 is 0 Å². The second-order valence-electron chi connectivity index (χ2n) is 4.76. The molecule has 0 aliphatic rings. The van der Waals surface area contributed by atoms with Crippen LogP contribution < -0.4 is 9.46 Å². The van der Waals surface area contributed by atoms with E-state index in [9.17, 15) is 8.42 Å². The average Bonchev–Trinajstić information content (AvgIpc) is 2.54. The zero-order valence-corrected chi connectivity index (χ0v) is 13.2. The van der Waals surface area contributed by atoms with Crippen LogP contribution in [0.1, 0.15) is 6.92 Å². The molecule has 0 bridgehead atoms. The van der Waals surface area contributed by atoms with Crippen LogP contribution in [0.2, 0.25) is 0 Å². The van der Waals surface area contributed by atoms with Gasteiger partial charge in [0, 0.05) is 0 Å². The van der Waals surface area contributed by atoms with Crippen molar-refractivity contribution in [2.75, 3.05) is 7.11 Å². The minimum atomic E-state index is -3.59. The molecule has 0 aromatic heterocycles. The fourth-order valence-electron chi connectivity index (χ4n) is 1.94. The molecule has 0 fully saturated rings. The predicted molar refractivity (Wildman–Crippen MR) is 87.0 cm³/mol. The van der Waals surface area contributed by atoms with E-state index < -0.39 is 16.1 Å². The highest BCUT2D eigenvalue weighted by Crippen LogP contribution is 2.23. The first-order chi connectivity index (χ1) is 10.5. The molecule has 1 unspecified atom stereocenters. The van der Waals surface area contributed by atoms with Crippen molar-refractivity contribution < 1.29 is 13.2 Å². The lowest BCUT2D eigenvalue weighted by molar-refractivity contribution is 0.415. The monoisotopic (exact) mass is 315 g/mol. The highest BCUT2D eigenvalue weighted by Gasteiger charge is 2.16. The summed E-state index contributed by atoms with van der Waals surface area (Å²) in [5, 5.41) is 0. The maximum Gasteiger partial charge on any atom is 0.241 e. The van der Waals surface area contributed by atoms with Gasteiger partial charge in [0.2, 0.25) is 10.0 Å². The lowest BCUT2D eigenvalue weighted by Gasteiger charge is -2.10. The molecule has 22 heavy (non-hydrogen) atoms. The predicted octanol–water partition coefficient (Wildman–Crippen LogP) is 2.66. The highest BCUT2D eigenvalue weighted by molar-refractivity contribution is 7.89. The van der Waals surface area contributed by atoms with Crippen LogP contribution in [-0.4, -0.2) is 21.6 Å². The molecule has 1 N–H and O–H groups in total. The summed E-state index contributed by atoms with van der Waals surface area (Å²) >= 11 is 0. The molecule has 0 saturated heterocycles. The van der Waals surface area contributed by atoms with Crippen LogP contribution in [0.15, 0.2) is 53.4 Å². The van der Waals surface area contributed by atoms with E-state index in [0.29, 0.717) is 0 Å². The molecule has 0 heterocycles. The first-order valence-electron chi connectivity index (χ1n) is 6.69. The largest absolute Gasteiger partial charge is 0.497 e. The zero-order chi connectivity index (χ0) is 16.2. The Morgan fingerprint density at radius 2 is 1.55 bits per heavy atom. The van der Waals surface area contributed by atoms with Gasteiger partial charge in [-0.05, 0) is 42.3 Å². The molecule has 1 atom stereocenters. The summed E-state index contributed by atoms with van der Waals surface area (Å²) in [6, 6.07) is 13.6. The third-order valence-corrected chi connectivity index (χ3v) is 4.73. The van der Waals surface area contributed by atoms with Crippen molar-refractivity contribution in [1.29, 1.82) is 0 Å². The first kappa shape index (κ1) is 16.1. The Balaban J connectivity index is 2.24.